The van der Waals surface area contributed by atoms with Gasteiger partial charge in [-0.25, -0.2) is 8.78 Å². The largest absolute Gasteiger partial charge is 0.338 e. The predicted octanol–water partition coefficient (Wildman–Crippen LogP) is 3.16. The molecule has 3 rings (SSSR count). The van der Waals surface area contributed by atoms with E-state index in [1.807, 2.05) is 11.8 Å². The number of carbonyl (C=O) groups excluding carboxylic acids is 2. The molecule has 2 aromatic carbocycles. The van der Waals surface area contributed by atoms with Crippen LogP contribution in [0.15, 0.2) is 48.5 Å². The van der Waals surface area contributed by atoms with E-state index in [0.29, 0.717) is 44.8 Å². The molecule has 0 aromatic heterocycles. The van der Waals surface area contributed by atoms with E-state index < -0.39 is 5.82 Å². The van der Waals surface area contributed by atoms with Crippen LogP contribution in [0.2, 0.25) is 0 Å². The Kier molecular flexibility index (Phi) is 7.52. The van der Waals surface area contributed by atoms with Gasteiger partial charge in [-0.2, -0.15) is 0 Å². The smallest absolute Gasteiger partial charge is 0.254 e. The SMILES string of the molecule is CCN(Cc1cccc(F)c1)C(=O)CN1CCCN(C(=O)c2cccc(F)c2)CC1. The molecule has 0 bridgehead atoms. The minimum Gasteiger partial charge on any atom is -0.338 e. The zero-order valence-electron chi connectivity index (χ0n) is 17.2. The van der Waals surface area contributed by atoms with Gasteiger partial charge in [-0.3, -0.25) is 14.5 Å². The summed E-state index contributed by atoms with van der Waals surface area (Å²) in [5.41, 5.74) is 1.10. The number of carbonyl (C=O) groups is 2. The van der Waals surface area contributed by atoms with Crippen LogP contribution >= 0.6 is 0 Å². The van der Waals surface area contributed by atoms with Crippen molar-refractivity contribution < 1.29 is 18.4 Å². The Morgan fingerprint density at radius 3 is 2.40 bits per heavy atom. The molecule has 1 aliphatic heterocycles. The summed E-state index contributed by atoms with van der Waals surface area (Å²) in [6.45, 7) is 5.39. The lowest BCUT2D eigenvalue weighted by Crippen LogP contribution is -2.41. The predicted molar refractivity (Wildman–Crippen MR) is 111 cm³/mol. The zero-order chi connectivity index (χ0) is 21.5. The van der Waals surface area contributed by atoms with Gasteiger partial charge in [0.2, 0.25) is 5.91 Å². The van der Waals surface area contributed by atoms with Gasteiger partial charge < -0.3 is 9.80 Å². The minimum absolute atomic E-state index is 0.0216. The zero-order valence-corrected chi connectivity index (χ0v) is 17.2. The van der Waals surface area contributed by atoms with Crippen molar-refractivity contribution in [1.82, 2.24) is 14.7 Å². The summed E-state index contributed by atoms with van der Waals surface area (Å²) in [7, 11) is 0. The molecule has 2 aromatic rings. The number of halogens is 2. The summed E-state index contributed by atoms with van der Waals surface area (Å²) in [6, 6.07) is 12.0. The normalized spacial score (nSPS) is 15.0. The van der Waals surface area contributed by atoms with Gasteiger partial charge in [0.05, 0.1) is 6.54 Å². The van der Waals surface area contributed by atoms with Crippen LogP contribution in [0.1, 0.15) is 29.3 Å². The van der Waals surface area contributed by atoms with Crippen LogP contribution in [0.5, 0.6) is 0 Å². The Hall–Kier alpha value is -2.80. The van der Waals surface area contributed by atoms with E-state index in [-0.39, 0.29) is 24.2 Å². The number of amides is 2. The number of hydrogen-bond donors (Lipinski definition) is 0. The molecule has 0 aliphatic carbocycles. The van der Waals surface area contributed by atoms with Crippen LogP contribution in [0, 0.1) is 11.6 Å². The van der Waals surface area contributed by atoms with Gasteiger partial charge in [-0.1, -0.05) is 18.2 Å². The van der Waals surface area contributed by atoms with E-state index in [9.17, 15) is 18.4 Å². The first kappa shape index (κ1) is 21.9. The van der Waals surface area contributed by atoms with E-state index >= 15 is 0 Å². The molecular formula is C23H27F2N3O2. The van der Waals surface area contributed by atoms with Crippen molar-refractivity contribution in [3.8, 4) is 0 Å². The number of nitrogens with zero attached hydrogens (tertiary/aromatic N) is 3. The van der Waals surface area contributed by atoms with Gasteiger partial charge in [-0.15, -0.1) is 0 Å². The van der Waals surface area contributed by atoms with Crippen LogP contribution in [0.3, 0.4) is 0 Å². The third kappa shape index (κ3) is 5.86. The maximum Gasteiger partial charge on any atom is 0.254 e. The van der Waals surface area contributed by atoms with Gasteiger partial charge in [0.1, 0.15) is 11.6 Å². The van der Waals surface area contributed by atoms with Crippen molar-refractivity contribution in [2.75, 3.05) is 39.3 Å². The highest BCUT2D eigenvalue weighted by Gasteiger charge is 2.23. The van der Waals surface area contributed by atoms with Crippen molar-refractivity contribution >= 4 is 11.8 Å². The van der Waals surface area contributed by atoms with E-state index in [2.05, 4.69) is 0 Å². The summed E-state index contributed by atoms with van der Waals surface area (Å²) in [5.74, 6) is -0.956. The molecule has 1 saturated heterocycles. The lowest BCUT2D eigenvalue weighted by atomic mass is 10.2. The highest BCUT2D eigenvalue weighted by Crippen LogP contribution is 2.12. The molecule has 1 heterocycles. The van der Waals surface area contributed by atoms with Gasteiger partial charge in [0, 0.05) is 44.8 Å². The second-order valence-electron chi connectivity index (χ2n) is 7.47. The van der Waals surface area contributed by atoms with Crippen LogP contribution in [-0.4, -0.2) is 65.8 Å². The monoisotopic (exact) mass is 415 g/mol. The molecule has 1 fully saturated rings. The molecule has 0 unspecified atom stereocenters. The fourth-order valence-electron chi connectivity index (χ4n) is 3.66. The highest BCUT2D eigenvalue weighted by atomic mass is 19.1. The maximum atomic E-state index is 13.4. The molecule has 0 saturated carbocycles. The van der Waals surface area contributed by atoms with E-state index in [4.69, 9.17) is 0 Å². The van der Waals surface area contributed by atoms with E-state index in [0.717, 1.165) is 12.0 Å². The van der Waals surface area contributed by atoms with Gasteiger partial charge in [-0.05, 0) is 49.2 Å². The third-order valence-electron chi connectivity index (χ3n) is 5.30. The molecule has 5 nitrogen and oxygen atoms in total. The van der Waals surface area contributed by atoms with Crippen molar-refractivity contribution in [3.63, 3.8) is 0 Å². The van der Waals surface area contributed by atoms with Crippen molar-refractivity contribution in [3.05, 3.63) is 71.3 Å². The Morgan fingerprint density at radius 1 is 0.967 bits per heavy atom. The second kappa shape index (κ2) is 10.3. The lowest BCUT2D eigenvalue weighted by molar-refractivity contribution is -0.132. The average Bonchev–Trinajstić information content (AvgIpc) is 2.97. The summed E-state index contributed by atoms with van der Waals surface area (Å²) < 4.78 is 26.8. The van der Waals surface area contributed by atoms with Crippen LogP contribution < -0.4 is 0 Å². The second-order valence-corrected chi connectivity index (χ2v) is 7.47. The number of hydrogen-bond acceptors (Lipinski definition) is 3. The summed E-state index contributed by atoms with van der Waals surface area (Å²) >= 11 is 0. The Bertz CT molecular complexity index is 890. The molecule has 0 radical (unpaired) electrons. The fraction of sp³-hybridized carbons (Fsp3) is 0.391. The Labute approximate surface area is 175 Å². The average molecular weight is 415 g/mol. The standard InChI is InChI=1S/C23H27F2N3O2/c1-2-27(16-18-6-3-8-20(24)14-18)22(29)17-26-10-5-11-28(13-12-26)23(30)19-7-4-9-21(25)15-19/h3-4,6-9,14-15H,2,5,10-13,16-17H2,1H3. The van der Waals surface area contributed by atoms with Gasteiger partial charge >= 0.3 is 0 Å². The molecule has 2 amide bonds. The molecular weight excluding hydrogens is 388 g/mol. The number of benzene rings is 2. The van der Waals surface area contributed by atoms with E-state index in [1.54, 1.807) is 28.0 Å². The maximum absolute atomic E-state index is 13.4. The molecule has 30 heavy (non-hydrogen) atoms. The van der Waals surface area contributed by atoms with Crippen LogP contribution in [0.25, 0.3) is 0 Å². The topological polar surface area (TPSA) is 43.9 Å². The minimum atomic E-state index is -0.430. The van der Waals surface area contributed by atoms with Gasteiger partial charge in [0.15, 0.2) is 0 Å². The summed E-state index contributed by atoms with van der Waals surface area (Å²) in [4.78, 5) is 30.9. The number of rotatable bonds is 6. The van der Waals surface area contributed by atoms with Crippen molar-refractivity contribution in [2.24, 2.45) is 0 Å². The Balaban J connectivity index is 1.55. The summed E-state index contributed by atoms with van der Waals surface area (Å²) in [6.07, 6.45) is 0.740. The quantitative estimate of drug-likeness (QED) is 0.728. The lowest BCUT2D eigenvalue weighted by Gasteiger charge is -2.26. The molecule has 160 valence electrons. The molecule has 1 aliphatic rings. The van der Waals surface area contributed by atoms with Crippen LogP contribution in [-0.2, 0) is 11.3 Å². The number of likely N-dealkylation sites (N-methyl/N-ethyl adjacent to an activating group) is 1. The Morgan fingerprint density at radius 2 is 1.70 bits per heavy atom. The molecule has 7 heteroatoms. The first-order valence-electron chi connectivity index (χ1n) is 10.3. The highest BCUT2D eigenvalue weighted by molar-refractivity contribution is 5.94. The molecule has 0 N–H and O–H groups in total. The third-order valence-corrected chi connectivity index (χ3v) is 5.30. The first-order valence-corrected chi connectivity index (χ1v) is 10.3. The first-order chi connectivity index (χ1) is 14.5. The van der Waals surface area contributed by atoms with E-state index in [1.165, 1.54) is 30.3 Å². The van der Waals surface area contributed by atoms with Crippen molar-refractivity contribution in [1.29, 1.82) is 0 Å². The molecule has 0 atom stereocenters. The molecule has 0 spiro atoms. The fourth-order valence-corrected chi connectivity index (χ4v) is 3.66. The summed E-state index contributed by atoms with van der Waals surface area (Å²) in [5, 5.41) is 0. The van der Waals surface area contributed by atoms with Gasteiger partial charge in [0.25, 0.3) is 5.91 Å². The van der Waals surface area contributed by atoms with Crippen molar-refractivity contribution in [2.45, 2.75) is 19.9 Å². The van der Waals surface area contributed by atoms with Crippen LogP contribution in [0.4, 0.5) is 8.78 Å².